The van der Waals surface area contributed by atoms with Gasteiger partial charge < -0.3 is 20.1 Å². The van der Waals surface area contributed by atoms with Crippen molar-refractivity contribution in [2.75, 3.05) is 19.5 Å². The molecule has 6 nitrogen and oxygen atoms in total. The van der Waals surface area contributed by atoms with Crippen LogP contribution in [0.4, 0.5) is 5.69 Å². The van der Waals surface area contributed by atoms with Crippen molar-refractivity contribution >= 4 is 17.5 Å². The SMILES string of the molecule is COc1ccc(OC)c(C(=O)Nc2ccccc2C(=O)NC2CCCC2)c1. The Labute approximate surface area is 158 Å². The summed E-state index contributed by atoms with van der Waals surface area (Å²) in [5.74, 6) is 0.441. The molecule has 0 heterocycles. The molecule has 0 aromatic heterocycles. The van der Waals surface area contributed by atoms with Crippen molar-refractivity contribution in [3.8, 4) is 11.5 Å². The van der Waals surface area contributed by atoms with Gasteiger partial charge in [0.1, 0.15) is 11.5 Å². The van der Waals surface area contributed by atoms with E-state index in [2.05, 4.69) is 10.6 Å². The summed E-state index contributed by atoms with van der Waals surface area (Å²) in [5.41, 5.74) is 1.24. The average Bonchev–Trinajstić information content (AvgIpc) is 3.20. The van der Waals surface area contributed by atoms with Crippen LogP contribution in [0.25, 0.3) is 0 Å². The van der Waals surface area contributed by atoms with Gasteiger partial charge in [-0.15, -0.1) is 0 Å². The van der Waals surface area contributed by atoms with Crippen LogP contribution in [0, 0.1) is 0 Å². The topological polar surface area (TPSA) is 76.7 Å². The first kappa shape index (κ1) is 18.8. The molecule has 1 saturated carbocycles. The van der Waals surface area contributed by atoms with Gasteiger partial charge >= 0.3 is 0 Å². The third-order valence-electron chi connectivity index (χ3n) is 4.76. The standard InChI is InChI=1S/C21H24N2O4/c1-26-15-11-12-19(27-2)17(13-15)21(25)23-18-10-6-5-9-16(18)20(24)22-14-7-3-4-8-14/h5-6,9-14H,3-4,7-8H2,1-2H3,(H,22,24)(H,23,25). The first-order valence-corrected chi connectivity index (χ1v) is 9.05. The summed E-state index contributed by atoms with van der Waals surface area (Å²) in [7, 11) is 3.04. The van der Waals surface area contributed by atoms with Gasteiger partial charge in [-0.3, -0.25) is 9.59 Å². The van der Waals surface area contributed by atoms with Crippen LogP contribution in [0.15, 0.2) is 42.5 Å². The third kappa shape index (κ3) is 4.39. The minimum atomic E-state index is -0.369. The maximum absolute atomic E-state index is 12.8. The predicted molar refractivity (Wildman–Crippen MR) is 104 cm³/mol. The third-order valence-corrected chi connectivity index (χ3v) is 4.76. The number of para-hydroxylation sites is 1. The fourth-order valence-electron chi connectivity index (χ4n) is 3.30. The molecule has 2 N–H and O–H groups in total. The normalized spacial score (nSPS) is 13.9. The maximum Gasteiger partial charge on any atom is 0.259 e. The Bertz CT molecular complexity index is 829. The van der Waals surface area contributed by atoms with E-state index in [4.69, 9.17) is 9.47 Å². The molecule has 6 heteroatoms. The van der Waals surface area contributed by atoms with Gasteiger partial charge in [0.15, 0.2) is 0 Å². The highest BCUT2D eigenvalue weighted by Gasteiger charge is 2.21. The lowest BCUT2D eigenvalue weighted by atomic mass is 10.1. The number of anilines is 1. The summed E-state index contributed by atoms with van der Waals surface area (Å²) >= 11 is 0. The number of carbonyl (C=O) groups is 2. The van der Waals surface area contributed by atoms with E-state index in [9.17, 15) is 9.59 Å². The van der Waals surface area contributed by atoms with Crippen molar-refractivity contribution in [3.05, 3.63) is 53.6 Å². The molecule has 0 radical (unpaired) electrons. The number of amides is 2. The Balaban J connectivity index is 1.81. The Morgan fingerprint density at radius 1 is 0.926 bits per heavy atom. The molecular formula is C21H24N2O4. The van der Waals surface area contributed by atoms with E-state index in [1.165, 1.54) is 14.2 Å². The largest absolute Gasteiger partial charge is 0.497 e. The fourth-order valence-corrected chi connectivity index (χ4v) is 3.30. The van der Waals surface area contributed by atoms with Crippen molar-refractivity contribution in [2.45, 2.75) is 31.7 Å². The average molecular weight is 368 g/mol. The highest BCUT2D eigenvalue weighted by Crippen LogP contribution is 2.26. The van der Waals surface area contributed by atoms with Crippen LogP contribution in [0.2, 0.25) is 0 Å². The van der Waals surface area contributed by atoms with Crippen molar-refractivity contribution in [1.29, 1.82) is 0 Å². The number of hydrogen-bond acceptors (Lipinski definition) is 4. The number of nitrogens with one attached hydrogen (secondary N) is 2. The zero-order valence-electron chi connectivity index (χ0n) is 15.6. The molecule has 1 fully saturated rings. The van der Waals surface area contributed by atoms with Crippen molar-refractivity contribution in [3.63, 3.8) is 0 Å². The second-order valence-corrected chi connectivity index (χ2v) is 6.52. The molecule has 0 atom stereocenters. The van der Waals surface area contributed by atoms with Gasteiger partial charge in [-0.1, -0.05) is 25.0 Å². The molecule has 1 aliphatic carbocycles. The van der Waals surface area contributed by atoms with E-state index < -0.39 is 0 Å². The van der Waals surface area contributed by atoms with Crippen LogP contribution in [0.3, 0.4) is 0 Å². The highest BCUT2D eigenvalue weighted by atomic mass is 16.5. The molecule has 0 unspecified atom stereocenters. The summed E-state index contributed by atoms with van der Waals surface area (Å²) in [5, 5.41) is 5.88. The summed E-state index contributed by atoms with van der Waals surface area (Å²) in [4.78, 5) is 25.5. The molecule has 2 aromatic carbocycles. The van der Waals surface area contributed by atoms with E-state index in [0.29, 0.717) is 28.3 Å². The number of carbonyl (C=O) groups excluding carboxylic acids is 2. The summed E-state index contributed by atoms with van der Waals surface area (Å²) < 4.78 is 10.5. The lowest BCUT2D eigenvalue weighted by Crippen LogP contribution is -2.33. The minimum Gasteiger partial charge on any atom is -0.497 e. The molecule has 142 valence electrons. The lowest BCUT2D eigenvalue weighted by molar-refractivity contribution is 0.0939. The van der Waals surface area contributed by atoms with E-state index in [-0.39, 0.29) is 17.9 Å². The Morgan fingerprint density at radius 2 is 1.67 bits per heavy atom. The molecule has 0 bridgehead atoms. The van der Waals surface area contributed by atoms with Crippen LogP contribution in [0.1, 0.15) is 46.4 Å². The second-order valence-electron chi connectivity index (χ2n) is 6.52. The zero-order valence-corrected chi connectivity index (χ0v) is 15.6. The minimum absolute atomic E-state index is 0.171. The number of hydrogen-bond donors (Lipinski definition) is 2. The summed E-state index contributed by atoms with van der Waals surface area (Å²) in [6.07, 6.45) is 4.28. The van der Waals surface area contributed by atoms with E-state index in [1.54, 1.807) is 42.5 Å². The molecule has 0 aliphatic heterocycles. The van der Waals surface area contributed by atoms with E-state index in [1.807, 2.05) is 0 Å². The summed E-state index contributed by atoms with van der Waals surface area (Å²) in [6, 6.07) is 12.2. The van der Waals surface area contributed by atoms with E-state index in [0.717, 1.165) is 25.7 Å². The molecule has 1 aliphatic rings. The van der Waals surface area contributed by atoms with Gasteiger partial charge in [0.2, 0.25) is 0 Å². The quantitative estimate of drug-likeness (QED) is 0.816. The van der Waals surface area contributed by atoms with Crippen molar-refractivity contribution in [2.24, 2.45) is 0 Å². The molecule has 0 spiro atoms. The van der Waals surface area contributed by atoms with Gasteiger partial charge in [0.25, 0.3) is 11.8 Å². The lowest BCUT2D eigenvalue weighted by Gasteiger charge is -2.16. The highest BCUT2D eigenvalue weighted by molar-refractivity contribution is 6.10. The molecule has 3 rings (SSSR count). The first-order valence-electron chi connectivity index (χ1n) is 9.05. The van der Waals surface area contributed by atoms with E-state index >= 15 is 0 Å². The van der Waals surface area contributed by atoms with Gasteiger partial charge in [-0.2, -0.15) is 0 Å². The van der Waals surface area contributed by atoms with Crippen molar-refractivity contribution < 1.29 is 19.1 Å². The monoisotopic (exact) mass is 368 g/mol. The summed E-state index contributed by atoms with van der Waals surface area (Å²) in [6.45, 7) is 0. The number of rotatable bonds is 6. The molecule has 0 saturated heterocycles. The number of ether oxygens (including phenoxy) is 2. The van der Waals surface area contributed by atoms with Crippen LogP contribution in [-0.4, -0.2) is 32.1 Å². The van der Waals surface area contributed by atoms with Crippen LogP contribution in [-0.2, 0) is 0 Å². The Kier molecular flexibility index (Phi) is 5.96. The zero-order chi connectivity index (χ0) is 19.2. The first-order chi connectivity index (χ1) is 13.1. The fraction of sp³-hybridized carbons (Fsp3) is 0.333. The number of benzene rings is 2. The molecule has 2 aromatic rings. The van der Waals surface area contributed by atoms with Gasteiger partial charge in [0.05, 0.1) is 31.0 Å². The van der Waals surface area contributed by atoms with Crippen LogP contribution < -0.4 is 20.1 Å². The van der Waals surface area contributed by atoms with Gasteiger partial charge in [-0.05, 0) is 43.2 Å². The molecule has 27 heavy (non-hydrogen) atoms. The van der Waals surface area contributed by atoms with Crippen molar-refractivity contribution in [1.82, 2.24) is 5.32 Å². The maximum atomic E-state index is 12.8. The van der Waals surface area contributed by atoms with Gasteiger partial charge in [-0.25, -0.2) is 0 Å². The van der Waals surface area contributed by atoms with Gasteiger partial charge in [0, 0.05) is 6.04 Å². The van der Waals surface area contributed by atoms with Crippen LogP contribution >= 0.6 is 0 Å². The Morgan fingerprint density at radius 3 is 2.37 bits per heavy atom. The second kappa shape index (κ2) is 8.58. The molecule has 2 amide bonds. The molecular weight excluding hydrogens is 344 g/mol. The number of methoxy groups -OCH3 is 2. The predicted octanol–water partition coefficient (Wildman–Crippen LogP) is 3.63. The Hall–Kier alpha value is -3.02. The smallest absolute Gasteiger partial charge is 0.259 e. The van der Waals surface area contributed by atoms with Crippen LogP contribution in [0.5, 0.6) is 11.5 Å².